The number of benzene rings is 2. The Morgan fingerprint density at radius 1 is 0.933 bits per heavy atom. The largest absolute Gasteiger partial charge is 0.493 e. The third-order valence-electron chi connectivity index (χ3n) is 4.12. The summed E-state index contributed by atoms with van der Waals surface area (Å²) in [6.45, 7) is 0.931. The molecule has 4 N–H and O–H groups in total. The first-order valence-corrected chi connectivity index (χ1v) is 10.2. The van der Waals surface area contributed by atoms with E-state index in [2.05, 4.69) is 15.6 Å². The number of nitrogens with zero attached hydrogens (tertiary/aromatic N) is 1. The molecule has 0 aromatic heterocycles. The minimum absolute atomic E-state index is 0. The van der Waals surface area contributed by atoms with Gasteiger partial charge in [-0.3, -0.25) is 4.99 Å². The van der Waals surface area contributed by atoms with Crippen molar-refractivity contribution in [1.82, 2.24) is 10.6 Å². The summed E-state index contributed by atoms with van der Waals surface area (Å²) >= 11 is 0. The van der Waals surface area contributed by atoms with Crippen LogP contribution in [-0.2, 0) is 23.1 Å². The number of sulfonamides is 1. The monoisotopic (exact) mass is 550 g/mol. The minimum Gasteiger partial charge on any atom is -0.493 e. The average Bonchev–Trinajstić information content (AvgIpc) is 2.72. The van der Waals surface area contributed by atoms with Crippen LogP contribution in [0.4, 0.5) is 0 Å². The lowest BCUT2D eigenvalue weighted by Crippen LogP contribution is -2.36. The van der Waals surface area contributed by atoms with Crippen molar-refractivity contribution in [2.24, 2.45) is 10.1 Å². The van der Waals surface area contributed by atoms with E-state index < -0.39 is 10.0 Å². The molecule has 0 aliphatic rings. The molecule has 0 bridgehead atoms. The highest BCUT2D eigenvalue weighted by Gasteiger charge is 2.13. The third-order valence-corrected chi connectivity index (χ3v) is 5.05. The molecule has 0 saturated heterocycles. The number of hydrogen-bond acceptors (Lipinski definition) is 6. The van der Waals surface area contributed by atoms with E-state index in [9.17, 15) is 8.42 Å². The van der Waals surface area contributed by atoms with Gasteiger partial charge in [0.1, 0.15) is 0 Å². The number of rotatable bonds is 8. The van der Waals surface area contributed by atoms with Gasteiger partial charge in [0.2, 0.25) is 15.8 Å². The fourth-order valence-corrected chi connectivity index (χ4v) is 3.14. The van der Waals surface area contributed by atoms with Crippen LogP contribution in [0.3, 0.4) is 0 Å². The molecule has 0 atom stereocenters. The van der Waals surface area contributed by atoms with E-state index in [1.807, 2.05) is 12.1 Å². The second-order valence-corrected chi connectivity index (χ2v) is 7.56. The predicted molar refractivity (Wildman–Crippen MR) is 126 cm³/mol. The van der Waals surface area contributed by atoms with Crippen molar-refractivity contribution in [3.8, 4) is 17.2 Å². The number of guanidine groups is 1. The maximum absolute atomic E-state index is 11.3. The fraction of sp³-hybridized carbons (Fsp3) is 0.316. The lowest BCUT2D eigenvalue weighted by Gasteiger charge is -2.16. The van der Waals surface area contributed by atoms with Gasteiger partial charge in [-0.1, -0.05) is 12.1 Å². The van der Waals surface area contributed by atoms with Gasteiger partial charge in [-0.05, 0) is 35.4 Å². The lowest BCUT2D eigenvalue weighted by molar-refractivity contribution is 0.323. The zero-order valence-corrected chi connectivity index (χ0v) is 20.4. The summed E-state index contributed by atoms with van der Waals surface area (Å²) in [5, 5.41) is 11.5. The van der Waals surface area contributed by atoms with Gasteiger partial charge in [0, 0.05) is 20.1 Å². The molecule has 11 heteroatoms. The first-order valence-electron chi connectivity index (χ1n) is 8.67. The number of methoxy groups -OCH3 is 3. The Labute approximate surface area is 194 Å². The number of primary sulfonamides is 1. The van der Waals surface area contributed by atoms with Crippen molar-refractivity contribution in [2.75, 3.05) is 28.4 Å². The zero-order chi connectivity index (χ0) is 21.4. The summed E-state index contributed by atoms with van der Waals surface area (Å²) in [5.74, 6) is 2.25. The Morgan fingerprint density at radius 3 is 1.83 bits per heavy atom. The number of aliphatic imine (C=N–C) groups is 1. The molecule has 0 aliphatic heterocycles. The normalized spacial score (nSPS) is 11.3. The second-order valence-electron chi connectivity index (χ2n) is 6.00. The molecule has 9 nitrogen and oxygen atoms in total. The first kappa shape index (κ1) is 25.8. The molecule has 0 spiro atoms. The summed E-state index contributed by atoms with van der Waals surface area (Å²) in [4.78, 5) is 4.26. The maximum atomic E-state index is 11.3. The number of nitrogens with two attached hydrogens (primary N) is 1. The molecule has 2 aromatic rings. The van der Waals surface area contributed by atoms with E-state index in [0.29, 0.717) is 36.3 Å². The van der Waals surface area contributed by atoms with Gasteiger partial charge in [0.25, 0.3) is 0 Å². The molecule has 2 aromatic carbocycles. The number of ether oxygens (including phenoxy) is 3. The summed E-state index contributed by atoms with van der Waals surface area (Å²) in [5.41, 5.74) is 1.80. The lowest BCUT2D eigenvalue weighted by atomic mass is 10.2. The number of hydrogen-bond donors (Lipinski definition) is 3. The third kappa shape index (κ3) is 6.92. The van der Waals surface area contributed by atoms with Crippen LogP contribution < -0.4 is 30.0 Å². The van der Waals surface area contributed by atoms with Crippen LogP contribution in [0.25, 0.3) is 0 Å². The van der Waals surface area contributed by atoms with Crippen LogP contribution in [0.2, 0.25) is 0 Å². The van der Waals surface area contributed by atoms with Crippen LogP contribution in [0.1, 0.15) is 11.1 Å². The number of halogens is 1. The zero-order valence-electron chi connectivity index (χ0n) is 17.3. The van der Waals surface area contributed by atoms with E-state index in [-0.39, 0.29) is 28.9 Å². The molecule has 0 radical (unpaired) electrons. The molecule has 0 heterocycles. The minimum atomic E-state index is -3.70. The molecule has 0 aliphatic carbocycles. The Balaban J connectivity index is 0.00000450. The molecule has 0 amide bonds. The van der Waals surface area contributed by atoms with Crippen molar-refractivity contribution >= 4 is 40.0 Å². The Morgan fingerprint density at radius 2 is 1.43 bits per heavy atom. The van der Waals surface area contributed by atoms with Gasteiger partial charge in [0.15, 0.2) is 17.5 Å². The smallest absolute Gasteiger partial charge is 0.238 e. The van der Waals surface area contributed by atoms with Crippen LogP contribution in [0.15, 0.2) is 46.3 Å². The summed E-state index contributed by atoms with van der Waals surface area (Å²) < 4.78 is 38.7. The molecule has 166 valence electrons. The topological polar surface area (TPSA) is 124 Å². The molecule has 0 saturated carbocycles. The average molecular weight is 550 g/mol. The summed E-state index contributed by atoms with van der Waals surface area (Å²) in [6.07, 6.45) is 0. The predicted octanol–water partition coefficient (Wildman–Crippen LogP) is 1.84. The molecule has 0 unspecified atom stereocenters. The Hall–Kier alpha value is -2.25. The van der Waals surface area contributed by atoms with Crippen molar-refractivity contribution in [3.05, 3.63) is 47.5 Å². The fourth-order valence-electron chi connectivity index (χ4n) is 2.63. The molecular weight excluding hydrogens is 523 g/mol. The maximum Gasteiger partial charge on any atom is 0.238 e. The van der Waals surface area contributed by atoms with Crippen LogP contribution in [-0.4, -0.2) is 42.8 Å². The van der Waals surface area contributed by atoms with Gasteiger partial charge in [-0.25, -0.2) is 13.6 Å². The van der Waals surface area contributed by atoms with E-state index in [0.717, 1.165) is 11.1 Å². The molecule has 2 rings (SSSR count). The van der Waals surface area contributed by atoms with Crippen molar-refractivity contribution in [3.63, 3.8) is 0 Å². The summed E-state index contributed by atoms with van der Waals surface area (Å²) in [7, 11) is 2.65. The van der Waals surface area contributed by atoms with Crippen molar-refractivity contribution in [1.29, 1.82) is 0 Å². The number of nitrogens with one attached hydrogen (secondary N) is 2. The highest BCUT2D eigenvalue weighted by Crippen LogP contribution is 2.38. The molecule has 0 fully saturated rings. The van der Waals surface area contributed by atoms with Gasteiger partial charge in [-0.15, -0.1) is 24.0 Å². The molecular formula is C19H27IN4O5S. The van der Waals surface area contributed by atoms with Crippen molar-refractivity contribution < 1.29 is 22.6 Å². The molecule has 30 heavy (non-hydrogen) atoms. The van der Waals surface area contributed by atoms with Crippen molar-refractivity contribution in [2.45, 2.75) is 18.0 Å². The van der Waals surface area contributed by atoms with Gasteiger partial charge >= 0.3 is 0 Å². The van der Waals surface area contributed by atoms with E-state index in [1.165, 1.54) is 12.1 Å². The SMILES string of the molecule is CN=C(NCc1ccc(S(N)(=O)=O)cc1)NCc1cc(OC)c(OC)c(OC)c1.I. The highest BCUT2D eigenvalue weighted by molar-refractivity contribution is 14.0. The van der Waals surface area contributed by atoms with E-state index in [4.69, 9.17) is 19.3 Å². The van der Waals surface area contributed by atoms with Gasteiger partial charge in [-0.2, -0.15) is 0 Å². The van der Waals surface area contributed by atoms with E-state index in [1.54, 1.807) is 40.5 Å². The van der Waals surface area contributed by atoms with E-state index >= 15 is 0 Å². The standard InChI is InChI=1S/C19H26N4O5S.HI/c1-21-19(22-11-13-5-7-15(8-6-13)29(20,24)25)23-12-14-9-16(26-2)18(28-4)17(10-14)27-3;/h5-10H,11-12H2,1-4H3,(H2,20,24,25)(H2,21,22,23);1H. The summed E-state index contributed by atoms with van der Waals surface area (Å²) in [6, 6.07) is 10.0. The highest BCUT2D eigenvalue weighted by atomic mass is 127. The van der Waals surface area contributed by atoms with Crippen LogP contribution in [0, 0.1) is 0 Å². The van der Waals surface area contributed by atoms with Crippen LogP contribution >= 0.6 is 24.0 Å². The quantitative estimate of drug-likeness (QED) is 0.260. The van der Waals surface area contributed by atoms with Crippen LogP contribution in [0.5, 0.6) is 17.2 Å². The Kier molecular flexibility index (Phi) is 10.2. The van der Waals surface area contributed by atoms with Gasteiger partial charge in [0.05, 0.1) is 26.2 Å². The van der Waals surface area contributed by atoms with Gasteiger partial charge < -0.3 is 24.8 Å². The first-order chi connectivity index (χ1) is 13.8. The Bertz CT molecular complexity index is 940. The second kappa shape index (κ2) is 11.8.